The number of hydrogen-bond acceptors (Lipinski definition) is 3. The van der Waals surface area contributed by atoms with Crippen LogP contribution in [0.5, 0.6) is 5.75 Å². The molecule has 0 bridgehead atoms. The highest BCUT2D eigenvalue weighted by Crippen LogP contribution is 2.51. The van der Waals surface area contributed by atoms with Crippen molar-refractivity contribution < 1.29 is 9.66 Å². The van der Waals surface area contributed by atoms with Crippen LogP contribution in [0.2, 0.25) is 0 Å². The van der Waals surface area contributed by atoms with Crippen molar-refractivity contribution in [2.45, 2.75) is 12.3 Å². The smallest absolute Gasteiger partial charge is 0.215 e. The second kappa shape index (κ2) is 10.7. The number of hydrogen-bond donors (Lipinski definition) is 0. The molecule has 0 aliphatic heterocycles. The quantitative estimate of drug-likeness (QED) is 0.190. The van der Waals surface area contributed by atoms with Crippen LogP contribution in [0.15, 0.2) is 115 Å². The fourth-order valence-electron chi connectivity index (χ4n) is 3.77. The van der Waals surface area contributed by atoms with Gasteiger partial charge in [0.05, 0.1) is 5.66 Å². The van der Waals surface area contributed by atoms with Crippen LogP contribution in [-0.2, 0) is 6.61 Å². The maximum atomic E-state index is 11.8. The van der Waals surface area contributed by atoms with Crippen LogP contribution < -0.4 is 15.3 Å². The number of benzene rings is 4. The molecule has 0 fully saturated rings. The Morgan fingerprint density at radius 3 is 1.78 bits per heavy atom. The summed E-state index contributed by atoms with van der Waals surface area (Å²) in [5, 5.41) is 14.0. The van der Waals surface area contributed by atoms with E-state index in [2.05, 4.69) is 24.3 Å². The summed E-state index contributed by atoms with van der Waals surface area (Å²) in [7, 11) is -1.03. The first-order valence-corrected chi connectivity index (χ1v) is 11.9. The summed E-state index contributed by atoms with van der Waals surface area (Å²) < 4.78 is 6.20. The average Bonchev–Trinajstić information content (AvgIpc) is 2.84. The SMILES string of the molecule is O=[N+]([O-])C[C@H](c1ccccc1OCc1ccccc1)P(c1ccccc1)c1ccccc1. The van der Waals surface area contributed by atoms with Crippen LogP contribution in [0.25, 0.3) is 0 Å². The van der Waals surface area contributed by atoms with Crippen LogP contribution in [0.1, 0.15) is 16.8 Å². The van der Waals surface area contributed by atoms with E-state index < -0.39 is 7.92 Å². The Balaban J connectivity index is 1.76. The second-order valence-electron chi connectivity index (χ2n) is 7.38. The van der Waals surface area contributed by atoms with Crippen molar-refractivity contribution in [2.24, 2.45) is 0 Å². The third kappa shape index (κ3) is 5.40. The zero-order valence-electron chi connectivity index (χ0n) is 17.6. The minimum Gasteiger partial charge on any atom is -0.489 e. The van der Waals surface area contributed by atoms with Gasteiger partial charge in [-0.25, -0.2) is 0 Å². The number of rotatable bonds is 9. The first-order chi connectivity index (χ1) is 15.7. The summed E-state index contributed by atoms with van der Waals surface area (Å²) in [5.41, 5.74) is 1.61. The summed E-state index contributed by atoms with van der Waals surface area (Å²) in [6.07, 6.45) is 0. The van der Waals surface area contributed by atoms with Crippen molar-refractivity contribution in [3.8, 4) is 5.75 Å². The van der Waals surface area contributed by atoms with Crippen molar-refractivity contribution in [3.05, 3.63) is 137 Å². The van der Waals surface area contributed by atoms with Crippen LogP contribution in [0.3, 0.4) is 0 Å². The predicted molar refractivity (Wildman–Crippen MR) is 131 cm³/mol. The van der Waals surface area contributed by atoms with Gasteiger partial charge in [-0.05, 0) is 30.2 Å². The van der Waals surface area contributed by atoms with E-state index in [1.165, 1.54) is 0 Å². The van der Waals surface area contributed by atoms with E-state index in [1.54, 1.807) is 0 Å². The van der Waals surface area contributed by atoms with E-state index in [0.29, 0.717) is 12.4 Å². The number of ether oxygens (including phenoxy) is 1. The Morgan fingerprint density at radius 1 is 0.719 bits per heavy atom. The van der Waals surface area contributed by atoms with Crippen molar-refractivity contribution in [3.63, 3.8) is 0 Å². The van der Waals surface area contributed by atoms with Crippen LogP contribution in [-0.4, -0.2) is 11.5 Å². The molecule has 32 heavy (non-hydrogen) atoms. The molecule has 0 saturated carbocycles. The fourth-order valence-corrected chi connectivity index (χ4v) is 6.56. The summed E-state index contributed by atoms with van der Waals surface area (Å²) >= 11 is 0. The van der Waals surface area contributed by atoms with Gasteiger partial charge in [0.25, 0.3) is 0 Å². The third-order valence-electron chi connectivity index (χ3n) is 5.22. The highest BCUT2D eigenvalue weighted by atomic mass is 31.1. The Labute approximate surface area is 189 Å². The Bertz CT molecular complexity index is 1100. The van der Waals surface area contributed by atoms with E-state index in [0.717, 1.165) is 21.7 Å². The summed E-state index contributed by atoms with van der Waals surface area (Å²) in [6.45, 7) is 0.249. The molecule has 0 unspecified atom stereocenters. The van der Waals surface area contributed by atoms with Crippen molar-refractivity contribution in [1.82, 2.24) is 0 Å². The molecule has 4 aromatic carbocycles. The highest BCUT2D eigenvalue weighted by Gasteiger charge is 2.32. The highest BCUT2D eigenvalue weighted by molar-refractivity contribution is 7.73. The molecule has 4 aromatic rings. The molecule has 5 heteroatoms. The summed E-state index contributed by atoms with van der Waals surface area (Å²) in [5.74, 6) is 0.697. The maximum Gasteiger partial charge on any atom is 0.215 e. The minimum atomic E-state index is -1.03. The van der Waals surface area contributed by atoms with E-state index in [9.17, 15) is 10.1 Å². The van der Waals surface area contributed by atoms with Gasteiger partial charge in [-0.2, -0.15) is 0 Å². The van der Waals surface area contributed by atoms with Crippen molar-refractivity contribution in [2.75, 3.05) is 6.54 Å². The number of para-hydroxylation sites is 1. The third-order valence-corrected chi connectivity index (χ3v) is 7.99. The zero-order valence-corrected chi connectivity index (χ0v) is 18.5. The molecular formula is C27H24NO3P. The Morgan fingerprint density at radius 2 is 1.22 bits per heavy atom. The van der Waals surface area contributed by atoms with E-state index in [1.807, 2.05) is 91.0 Å². The molecule has 0 radical (unpaired) electrons. The van der Waals surface area contributed by atoms with Gasteiger partial charge in [-0.15, -0.1) is 0 Å². The lowest BCUT2D eigenvalue weighted by Crippen LogP contribution is -2.22. The molecule has 0 spiro atoms. The molecule has 1 atom stereocenters. The minimum absolute atomic E-state index is 0.165. The average molecular weight is 441 g/mol. The Hall–Kier alpha value is -3.49. The standard InChI is InChI=1S/C27H24NO3P/c29-28(30)20-27(32(23-14-6-2-7-15-23)24-16-8-3-9-17-24)25-18-10-11-19-26(25)31-21-22-12-4-1-5-13-22/h1-19,27H,20-21H2/t27-/m1/s1. The molecule has 0 N–H and O–H groups in total. The lowest BCUT2D eigenvalue weighted by molar-refractivity contribution is -0.479. The summed E-state index contributed by atoms with van der Waals surface area (Å²) in [6, 6.07) is 37.9. The molecule has 0 amide bonds. The number of nitrogens with zero attached hydrogens (tertiary/aromatic N) is 1. The zero-order chi connectivity index (χ0) is 22.2. The van der Waals surface area contributed by atoms with Crippen LogP contribution >= 0.6 is 7.92 Å². The number of nitro groups is 1. The predicted octanol–water partition coefficient (Wildman–Crippen LogP) is 5.72. The first kappa shape index (κ1) is 21.7. The fraction of sp³-hybridized carbons (Fsp3) is 0.111. The molecule has 4 rings (SSSR count). The molecular weight excluding hydrogens is 417 g/mol. The lowest BCUT2D eigenvalue weighted by atomic mass is 10.1. The molecule has 0 aliphatic carbocycles. The van der Waals surface area contributed by atoms with Gasteiger partial charge in [0.2, 0.25) is 6.54 Å². The molecule has 0 saturated heterocycles. The van der Waals surface area contributed by atoms with Gasteiger partial charge in [0.15, 0.2) is 0 Å². The molecule has 4 nitrogen and oxygen atoms in total. The second-order valence-corrected chi connectivity index (χ2v) is 9.78. The van der Waals surface area contributed by atoms with Gasteiger partial charge in [0.1, 0.15) is 12.4 Å². The van der Waals surface area contributed by atoms with E-state index in [-0.39, 0.29) is 17.1 Å². The monoisotopic (exact) mass is 441 g/mol. The van der Waals surface area contributed by atoms with E-state index >= 15 is 0 Å². The van der Waals surface area contributed by atoms with Gasteiger partial charge >= 0.3 is 0 Å². The summed E-state index contributed by atoms with van der Waals surface area (Å²) in [4.78, 5) is 11.6. The first-order valence-electron chi connectivity index (χ1n) is 10.5. The van der Waals surface area contributed by atoms with Crippen LogP contribution in [0.4, 0.5) is 0 Å². The van der Waals surface area contributed by atoms with Gasteiger partial charge in [-0.3, -0.25) is 10.1 Å². The van der Waals surface area contributed by atoms with Gasteiger partial charge in [0, 0.05) is 10.5 Å². The van der Waals surface area contributed by atoms with Crippen LogP contribution in [0, 0.1) is 10.1 Å². The normalized spacial score (nSPS) is 11.8. The van der Waals surface area contributed by atoms with Gasteiger partial charge < -0.3 is 4.74 Å². The maximum absolute atomic E-state index is 11.8. The lowest BCUT2D eigenvalue weighted by Gasteiger charge is -2.27. The topological polar surface area (TPSA) is 52.4 Å². The molecule has 0 aromatic heterocycles. The van der Waals surface area contributed by atoms with E-state index in [4.69, 9.17) is 4.74 Å². The molecule has 160 valence electrons. The van der Waals surface area contributed by atoms with Crippen molar-refractivity contribution in [1.29, 1.82) is 0 Å². The van der Waals surface area contributed by atoms with Gasteiger partial charge in [-0.1, -0.05) is 109 Å². The largest absolute Gasteiger partial charge is 0.489 e. The molecule has 0 heterocycles. The van der Waals surface area contributed by atoms with Crippen molar-refractivity contribution >= 4 is 18.5 Å². The Kier molecular flexibility index (Phi) is 7.27. The molecule has 0 aliphatic rings.